The Kier molecular flexibility index (Phi) is 3.02. The third kappa shape index (κ3) is 2.23. The van der Waals surface area contributed by atoms with Crippen molar-refractivity contribution < 1.29 is 0 Å². The molecule has 3 N–H and O–H groups in total. The van der Waals surface area contributed by atoms with Gasteiger partial charge in [0.05, 0.1) is 6.54 Å². The van der Waals surface area contributed by atoms with Crippen LogP contribution in [0.4, 0.5) is 0 Å². The van der Waals surface area contributed by atoms with Gasteiger partial charge in [0.1, 0.15) is 0 Å². The van der Waals surface area contributed by atoms with E-state index in [4.69, 9.17) is 0 Å². The standard InChI is InChI=1S/C6H14N4/c1-7-2-3-8-6-9-4-5-10-6/h7H,2-5H2,1H3,(H2,8,9,10). The molecule has 0 aromatic rings. The lowest BCUT2D eigenvalue weighted by atomic mass is 10.6. The molecule has 0 saturated heterocycles. The van der Waals surface area contributed by atoms with Gasteiger partial charge in [-0.05, 0) is 7.05 Å². The summed E-state index contributed by atoms with van der Waals surface area (Å²) in [5, 5.41) is 9.33. The lowest BCUT2D eigenvalue weighted by Crippen LogP contribution is -2.37. The highest BCUT2D eigenvalue weighted by Gasteiger charge is 2.01. The highest BCUT2D eigenvalue weighted by Crippen LogP contribution is 1.79. The Bertz CT molecular complexity index is 121. The fourth-order valence-electron chi connectivity index (χ4n) is 0.822. The monoisotopic (exact) mass is 142 g/mol. The normalized spacial score (nSPS) is 16.3. The van der Waals surface area contributed by atoms with Crippen LogP contribution in [0.25, 0.3) is 0 Å². The number of aliphatic imine (C=N–C) groups is 1. The molecule has 10 heavy (non-hydrogen) atoms. The number of rotatable bonds is 3. The fourth-order valence-corrected chi connectivity index (χ4v) is 0.822. The fraction of sp³-hybridized carbons (Fsp3) is 0.833. The van der Waals surface area contributed by atoms with Crippen LogP contribution in [0.5, 0.6) is 0 Å². The van der Waals surface area contributed by atoms with E-state index in [1.54, 1.807) is 0 Å². The van der Waals surface area contributed by atoms with E-state index >= 15 is 0 Å². The molecule has 1 rings (SSSR count). The van der Waals surface area contributed by atoms with Crippen molar-refractivity contribution >= 4 is 5.96 Å². The average Bonchev–Trinajstić information content (AvgIpc) is 2.41. The molecule has 4 nitrogen and oxygen atoms in total. The number of hydrogen-bond acceptors (Lipinski definition) is 4. The Morgan fingerprint density at radius 3 is 3.10 bits per heavy atom. The van der Waals surface area contributed by atoms with Crippen molar-refractivity contribution in [2.75, 3.05) is 33.2 Å². The zero-order valence-corrected chi connectivity index (χ0v) is 6.28. The molecular formula is C6H14N4. The lowest BCUT2D eigenvalue weighted by molar-refractivity contribution is 0.748. The zero-order valence-electron chi connectivity index (χ0n) is 6.28. The van der Waals surface area contributed by atoms with Crippen molar-refractivity contribution in [2.45, 2.75) is 0 Å². The summed E-state index contributed by atoms with van der Waals surface area (Å²) in [5.74, 6) is 0.940. The number of nitrogens with one attached hydrogen (secondary N) is 3. The van der Waals surface area contributed by atoms with Gasteiger partial charge in [-0.1, -0.05) is 0 Å². The van der Waals surface area contributed by atoms with Gasteiger partial charge in [-0.25, -0.2) is 0 Å². The zero-order chi connectivity index (χ0) is 7.23. The van der Waals surface area contributed by atoms with Gasteiger partial charge >= 0.3 is 0 Å². The minimum absolute atomic E-state index is 0.905. The molecule has 58 valence electrons. The smallest absolute Gasteiger partial charge is 0.191 e. The van der Waals surface area contributed by atoms with E-state index in [-0.39, 0.29) is 0 Å². The summed E-state index contributed by atoms with van der Waals surface area (Å²) in [6.07, 6.45) is 0. The van der Waals surface area contributed by atoms with Gasteiger partial charge in [0.15, 0.2) is 5.96 Å². The minimum Gasteiger partial charge on any atom is -0.355 e. The van der Waals surface area contributed by atoms with Crippen LogP contribution in [0.2, 0.25) is 0 Å². The molecule has 0 saturated carbocycles. The molecule has 0 spiro atoms. The average molecular weight is 142 g/mol. The van der Waals surface area contributed by atoms with Crippen molar-refractivity contribution in [3.8, 4) is 0 Å². The molecule has 1 aliphatic rings. The third-order valence-electron chi connectivity index (χ3n) is 1.34. The van der Waals surface area contributed by atoms with E-state index in [0.717, 1.165) is 32.1 Å². The molecular weight excluding hydrogens is 128 g/mol. The highest BCUT2D eigenvalue weighted by atomic mass is 15.2. The van der Waals surface area contributed by atoms with Crippen LogP contribution in [-0.2, 0) is 0 Å². The van der Waals surface area contributed by atoms with E-state index < -0.39 is 0 Å². The van der Waals surface area contributed by atoms with Crippen LogP contribution in [0.15, 0.2) is 4.99 Å². The largest absolute Gasteiger partial charge is 0.355 e. The first-order chi connectivity index (χ1) is 4.93. The SMILES string of the molecule is CNCCNC1=NCCN1. The molecule has 1 heterocycles. The summed E-state index contributed by atoms with van der Waals surface area (Å²) in [5.41, 5.74) is 0. The summed E-state index contributed by atoms with van der Waals surface area (Å²) in [7, 11) is 1.94. The van der Waals surface area contributed by atoms with Gasteiger partial charge < -0.3 is 16.0 Å². The topological polar surface area (TPSA) is 48.5 Å². The van der Waals surface area contributed by atoms with Crippen LogP contribution < -0.4 is 16.0 Å². The van der Waals surface area contributed by atoms with E-state index in [9.17, 15) is 0 Å². The van der Waals surface area contributed by atoms with Gasteiger partial charge in [0.25, 0.3) is 0 Å². The second-order valence-corrected chi connectivity index (χ2v) is 2.19. The van der Waals surface area contributed by atoms with E-state index in [0.29, 0.717) is 0 Å². The first-order valence-corrected chi connectivity index (χ1v) is 3.60. The van der Waals surface area contributed by atoms with Crippen LogP contribution >= 0.6 is 0 Å². The summed E-state index contributed by atoms with van der Waals surface area (Å²) in [6.45, 7) is 3.78. The van der Waals surface area contributed by atoms with Gasteiger partial charge in [0, 0.05) is 19.6 Å². The first kappa shape index (κ1) is 7.34. The predicted molar refractivity (Wildman–Crippen MR) is 42.2 cm³/mol. The van der Waals surface area contributed by atoms with Crippen LogP contribution in [0.1, 0.15) is 0 Å². The Labute approximate surface area is 61.1 Å². The molecule has 0 aromatic carbocycles. The lowest BCUT2D eigenvalue weighted by Gasteiger charge is -2.04. The number of guanidine groups is 1. The molecule has 0 atom stereocenters. The molecule has 0 fully saturated rings. The second kappa shape index (κ2) is 4.11. The summed E-state index contributed by atoms with van der Waals surface area (Å²) < 4.78 is 0. The quantitative estimate of drug-likeness (QED) is 0.432. The highest BCUT2D eigenvalue weighted by molar-refractivity contribution is 5.81. The number of nitrogens with zero attached hydrogens (tertiary/aromatic N) is 1. The number of likely N-dealkylation sites (N-methyl/N-ethyl adjacent to an activating group) is 1. The molecule has 1 aliphatic heterocycles. The predicted octanol–water partition coefficient (Wildman–Crippen LogP) is -1.25. The molecule has 0 radical (unpaired) electrons. The maximum absolute atomic E-state index is 4.17. The van der Waals surface area contributed by atoms with Crippen LogP contribution in [0.3, 0.4) is 0 Å². The van der Waals surface area contributed by atoms with Gasteiger partial charge in [0.2, 0.25) is 0 Å². The molecule has 0 amide bonds. The molecule has 4 heteroatoms. The van der Waals surface area contributed by atoms with E-state index in [2.05, 4.69) is 20.9 Å². The summed E-state index contributed by atoms with van der Waals surface area (Å²) in [6, 6.07) is 0. The van der Waals surface area contributed by atoms with Crippen molar-refractivity contribution in [3.63, 3.8) is 0 Å². The van der Waals surface area contributed by atoms with Gasteiger partial charge in [-0.15, -0.1) is 0 Å². The second-order valence-electron chi connectivity index (χ2n) is 2.19. The maximum atomic E-state index is 4.17. The van der Waals surface area contributed by atoms with Crippen molar-refractivity contribution in [1.29, 1.82) is 0 Å². The Hall–Kier alpha value is -0.770. The van der Waals surface area contributed by atoms with Crippen molar-refractivity contribution in [1.82, 2.24) is 16.0 Å². The van der Waals surface area contributed by atoms with Crippen molar-refractivity contribution in [2.24, 2.45) is 4.99 Å². The van der Waals surface area contributed by atoms with Gasteiger partial charge in [-0.3, -0.25) is 4.99 Å². The Balaban J connectivity index is 2.01. The van der Waals surface area contributed by atoms with Gasteiger partial charge in [-0.2, -0.15) is 0 Å². The molecule has 0 aliphatic carbocycles. The molecule has 0 bridgehead atoms. The number of hydrogen-bond donors (Lipinski definition) is 3. The Morgan fingerprint density at radius 2 is 2.50 bits per heavy atom. The minimum atomic E-state index is 0.905. The van der Waals surface area contributed by atoms with Crippen LogP contribution in [-0.4, -0.2) is 39.2 Å². The maximum Gasteiger partial charge on any atom is 0.191 e. The van der Waals surface area contributed by atoms with Crippen molar-refractivity contribution in [3.05, 3.63) is 0 Å². The molecule has 0 unspecified atom stereocenters. The van der Waals surface area contributed by atoms with E-state index in [1.807, 2.05) is 7.05 Å². The Morgan fingerprint density at radius 1 is 1.60 bits per heavy atom. The summed E-state index contributed by atoms with van der Waals surface area (Å²) >= 11 is 0. The third-order valence-corrected chi connectivity index (χ3v) is 1.34. The molecule has 0 aromatic heterocycles. The van der Waals surface area contributed by atoms with E-state index in [1.165, 1.54) is 0 Å². The van der Waals surface area contributed by atoms with Crippen LogP contribution in [0, 0.1) is 0 Å². The summed E-state index contributed by atoms with van der Waals surface area (Å²) in [4.78, 5) is 4.17. The first-order valence-electron chi connectivity index (χ1n) is 3.60.